The lowest BCUT2D eigenvalue weighted by Crippen LogP contribution is -2.02. The van der Waals surface area contributed by atoms with E-state index in [0.29, 0.717) is 12.1 Å². The van der Waals surface area contributed by atoms with Crippen molar-refractivity contribution in [3.8, 4) is 0 Å². The summed E-state index contributed by atoms with van der Waals surface area (Å²) in [5, 5.41) is 3.23. The fraction of sp³-hybridized carbons (Fsp3) is 0.143. The Bertz CT molecular complexity index is 568. The Morgan fingerprint density at radius 1 is 1.17 bits per heavy atom. The number of benzene rings is 2. The molecule has 2 aromatic carbocycles. The van der Waals surface area contributed by atoms with Gasteiger partial charge < -0.3 is 5.32 Å². The summed E-state index contributed by atoms with van der Waals surface area (Å²) < 4.78 is 15.5. The Kier molecular flexibility index (Phi) is 4.40. The van der Waals surface area contributed by atoms with Crippen LogP contribution in [-0.2, 0) is 6.54 Å². The standard InChI is InChI=1S/C14H12Br2FN/c1-9-3-2-4-13(14(9)16)18-8-10-7-11(15)5-6-12(10)17/h2-7,18H,8H2,1H3. The van der Waals surface area contributed by atoms with Crippen molar-refractivity contribution in [1.82, 2.24) is 0 Å². The molecule has 0 bridgehead atoms. The number of halogens is 3. The second-order valence-corrected chi connectivity index (χ2v) is 5.73. The van der Waals surface area contributed by atoms with E-state index < -0.39 is 0 Å². The molecule has 0 saturated carbocycles. The minimum absolute atomic E-state index is 0.200. The number of rotatable bonds is 3. The quantitative estimate of drug-likeness (QED) is 0.773. The van der Waals surface area contributed by atoms with Crippen LogP contribution in [0.15, 0.2) is 45.3 Å². The van der Waals surface area contributed by atoms with Crippen LogP contribution in [0.25, 0.3) is 0 Å². The monoisotopic (exact) mass is 371 g/mol. The third-order valence-electron chi connectivity index (χ3n) is 2.67. The molecule has 94 valence electrons. The fourth-order valence-corrected chi connectivity index (χ4v) is 2.47. The zero-order valence-electron chi connectivity index (χ0n) is 9.81. The number of hydrogen-bond acceptors (Lipinski definition) is 1. The lowest BCUT2D eigenvalue weighted by atomic mass is 10.2. The van der Waals surface area contributed by atoms with Crippen molar-refractivity contribution in [3.63, 3.8) is 0 Å². The number of anilines is 1. The first kappa shape index (κ1) is 13.6. The van der Waals surface area contributed by atoms with Crippen LogP contribution in [0, 0.1) is 12.7 Å². The highest BCUT2D eigenvalue weighted by Gasteiger charge is 2.05. The minimum atomic E-state index is -0.200. The van der Waals surface area contributed by atoms with Gasteiger partial charge in [-0.15, -0.1) is 0 Å². The van der Waals surface area contributed by atoms with Crippen LogP contribution in [0.3, 0.4) is 0 Å². The van der Waals surface area contributed by atoms with Gasteiger partial charge >= 0.3 is 0 Å². The zero-order chi connectivity index (χ0) is 13.1. The third-order valence-corrected chi connectivity index (χ3v) is 4.21. The SMILES string of the molecule is Cc1cccc(NCc2cc(Br)ccc2F)c1Br. The molecular weight excluding hydrogens is 361 g/mol. The normalized spacial score (nSPS) is 10.4. The third kappa shape index (κ3) is 3.12. The van der Waals surface area contributed by atoms with Gasteiger partial charge in [-0.3, -0.25) is 0 Å². The molecule has 1 nitrogen and oxygen atoms in total. The highest BCUT2D eigenvalue weighted by Crippen LogP contribution is 2.26. The molecule has 0 fully saturated rings. The summed E-state index contributed by atoms with van der Waals surface area (Å²) in [5.41, 5.74) is 2.75. The maximum absolute atomic E-state index is 13.6. The highest BCUT2D eigenvalue weighted by molar-refractivity contribution is 9.11. The molecule has 0 heterocycles. The van der Waals surface area contributed by atoms with E-state index in [1.54, 1.807) is 12.1 Å². The Morgan fingerprint density at radius 2 is 1.94 bits per heavy atom. The Hall–Kier alpha value is -0.870. The fourth-order valence-electron chi connectivity index (χ4n) is 1.65. The van der Waals surface area contributed by atoms with Crippen LogP contribution < -0.4 is 5.32 Å². The lowest BCUT2D eigenvalue weighted by molar-refractivity contribution is 0.612. The Labute approximate surface area is 123 Å². The summed E-state index contributed by atoms with van der Waals surface area (Å²) in [7, 11) is 0. The first-order valence-corrected chi connectivity index (χ1v) is 7.09. The van der Waals surface area contributed by atoms with Crippen molar-refractivity contribution in [3.05, 3.63) is 62.3 Å². The summed E-state index contributed by atoms with van der Waals surface area (Å²) in [5.74, 6) is -0.200. The van der Waals surface area contributed by atoms with Gasteiger partial charge in [0.1, 0.15) is 5.82 Å². The minimum Gasteiger partial charge on any atom is -0.380 e. The smallest absolute Gasteiger partial charge is 0.128 e. The van der Waals surface area contributed by atoms with Crippen molar-refractivity contribution in [2.75, 3.05) is 5.32 Å². The molecule has 0 aliphatic heterocycles. The van der Waals surface area contributed by atoms with E-state index in [9.17, 15) is 4.39 Å². The largest absolute Gasteiger partial charge is 0.380 e. The lowest BCUT2D eigenvalue weighted by Gasteiger charge is -2.11. The van der Waals surface area contributed by atoms with E-state index in [4.69, 9.17) is 0 Å². The van der Waals surface area contributed by atoms with Crippen LogP contribution in [0.4, 0.5) is 10.1 Å². The zero-order valence-corrected chi connectivity index (χ0v) is 13.0. The number of hydrogen-bond donors (Lipinski definition) is 1. The van der Waals surface area contributed by atoms with Crippen LogP contribution >= 0.6 is 31.9 Å². The molecular formula is C14H12Br2FN. The van der Waals surface area contributed by atoms with Gasteiger partial charge in [0.15, 0.2) is 0 Å². The van der Waals surface area contributed by atoms with Crippen molar-refractivity contribution >= 4 is 37.5 Å². The summed E-state index contributed by atoms with van der Waals surface area (Å²) in [4.78, 5) is 0. The average molecular weight is 373 g/mol. The van der Waals surface area contributed by atoms with E-state index in [0.717, 1.165) is 20.2 Å². The van der Waals surface area contributed by atoms with Gasteiger partial charge in [-0.2, -0.15) is 0 Å². The van der Waals surface area contributed by atoms with Gasteiger partial charge in [-0.1, -0.05) is 28.1 Å². The van der Waals surface area contributed by atoms with Crippen LogP contribution in [0.2, 0.25) is 0 Å². The van der Waals surface area contributed by atoms with Crippen LogP contribution in [-0.4, -0.2) is 0 Å². The maximum Gasteiger partial charge on any atom is 0.128 e. The summed E-state index contributed by atoms with van der Waals surface area (Å²) >= 11 is 6.87. The van der Waals surface area contributed by atoms with Crippen molar-refractivity contribution in [1.29, 1.82) is 0 Å². The van der Waals surface area contributed by atoms with Crippen molar-refractivity contribution in [2.45, 2.75) is 13.5 Å². The summed E-state index contributed by atoms with van der Waals surface area (Å²) in [6.07, 6.45) is 0. The molecule has 1 N–H and O–H groups in total. The molecule has 0 aliphatic carbocycles. The maximum atomic E-state index is 13.6. The summed E-state index contributed by atoms with van der Waals surface area (Å²) in [6.45, 7) is 2.47. The van der Waals surface area contributed by atoms with Gasteiger partial charge in [0, 0.05) is 26.7 Å². The Balaban J connectivity index is 2.16. The number of aryl methyl sites for hydroxylation is 1. The predicted molar refractivity (Wildman–Crippen MR) is 80.3 cm³/mol. The number of nitrogens with one attached hydrogen (secondary N) is 1. The van der Waals surface area contributed by atoms with Crippen molar-refractivity contribution < 1.29 is 4.39 Å². The van der Waals surface area contributed by atoms with E-state index in [2.05, 4.69) is 37.2 Å². The molecule has 0 radical (unpaired) electrons. The molecule has 0 aromatic heterocycles. The molecule has 18 heavy (non-hydrogen) atoms. The predicted octanol–water partition coefficient (Wildman–Crippen LogP) is 5.27. The van der Waals surface area contributed by atoms with E-state index >= 15 is 0 Å². The Morgan fingerprint density at radius 3 is 2.72 bits per heavy atom. The van der Waals surface area contributed by atoms with Gasteiger partial charge in [-0.25, -0.2) is 4.39 Å². The second-order valence-electron chi connectivity index (χ2n) is 4.03. The average Bonchev–Trinajstić information content (AvgIpc) is 2.35. The first-order chi connectivity index (χ1) is 8.58. The van der Waals surface area contributed by atoms with E-state index in [1.807, 2.05) is 25.1 Å². The molecule has 0 saturated heterocycles. The molecule has 0 unspecified atom stereocenters. The van der Waals surface area contributed by atoms with Crippen LogP contribution in [0.5, 0.6) is 0 Å². The van der Waals surface area contributed by atoms with Crippen molar-refractivity contribution in [2.24, 2.45) is 0 Å². The molecule has 4 heteroatoms. The molecule has 0 atom stereocenters. The first-order valence-electron chi connectivity index (χ1n) is 5.51. The molecule has 2 aromatic rings. The van der Waals surface area contributed by atoms with E-state index in [-0.39, 0.29) is 5.82 Å². The van der Waals surface area contributed by atoms with Gasteiger partial charge in [0.25, 0.3) is 0 Å². The highest BCUT2D eigenvalue weighted by atomic mass is 79.9. The van der Waals surface area contributed by atoms with Gasteiger partial charge in [0.05, 0.1) is 0 Å². The summed E-state index contributed by atoms with van der Waals surface area (Å²) in [6, 6.07) is 10.9. The molecule has 0 spiro atoms. The molecule has 0 aliphatic rings. The molecule has 0 amide bonds. The van der Waals surface area contributed by atoms with Crippen LogP contribution in [0.1, 0.15) is 11.1 Å². The van der Waals surface area contributed by atoms with Gasteiger partial charge in [-0.05, 0) is 52.7 Å². The molecule has 2 rings (SSSR count). The second kappa shape index (κ2) is 5.85. The van der Waals surface area contributed by atoms with E-state index in [1.165, 1.54) is 6.07 Å². The van der Waals surface area contributed by atoms with Gasteiger partial charge in [0.2, 0.25) is 0 Å². The topological polar surface area (TPSA) is 12.0 Å².